The molecule has 0 radical (unpaired) electrons. The van der Waals surface area contributed by atoms with E-state index in [1.807, 2.05) is 31.2 Å². The Morgan fingerprint density at radius 3 is 2.71 bits per heavy atom. The number of anilines is 1. The Labute approximate surface area is 139 Å². The van der Waals surface area contributed by atoms with Crippen molar-refractivity contribution in [3.8, 4) is 0 Å². The predicted octanol–water partition coefficient (Wildman–Crippen LogP) is 3.22. The smallest absolute Gasteiger partial charge is 0.249 e. The normalized spacial score (nSPS) is 12.1. The molecular weight excluding hydrogens is 304 g/mol. The number of amides is 1. The summed E-state index contributed by atoms with van der Waals surface area (Å²) in [5.74, 6) is -0.228. The summed E-state index contributed by atoms with van der Waals surface area (Å²) in [6.45, 7) is 3.42. The van der Waals surface area contributed by atoms with Gasteiger partial charge < -0.3 is 5.32 Å². The van der Waals surface area contributed by atoms with Crippen LogP contribution < -0.4 is 5.32 Å². The van der Waals surface area contributed by atoms with Gasteiger partial charge in [0.25, 0.3) is 0 Å². The van der Waals surface area contributed by atoms with E-state index >= 15 is 0 Å². The fraction of sp³-hybridized carbons (Fsp3) is 0.222. The zero-order chi connectivity index (χ0) is 17.1. The molecule has 0 fully saturated rings. The number of rotatable bonds is 5. The van der Waals surface area contributed by atoms with Crippen molar-refractivity contribution in [1.29, 1.82) is 0 Å². The molecule has 1 aromatic heterocycles. The minimum absolute atomic E-state index is 0.0413. The summed E-state index contributed by atoms with van der Waals surface area (Å²) in [6, 6.07) is 14.0. The van der Waals surface area contributed by atoms with Crippen LogP contribution in [0, 0.1) is 0 Å². The van der Waals surface area contributed by atoms with E-state index < -0.39 is 6.04 Å². The topological polar surface area (TPSA) is 76.9 Å². The number of hydrogen-bond donors (Lipinski definition) is 1. The van der Waals surface area contributed by atoms with Gasteiger partial charge in [-0.25, -0.2) is 4.68 Å². The van der Waals surface area contributed by atoms with Crippen LogP contribution in [-0.2, 0) is 4.79 Å². The molecule has 0 aliphatic carbocycles. The fourth-order valence-corrected chi connectivity index (χ4v) is 2.63. The summed E-state index contributed by atoms with van der Waals surface area (Å²) in [4.78, 5) is 24.2. The van der Waals surface area contributed by atoms with Crippen LogP contribution in [0.25, 0.3) is 11.0 Å². The Kier molecular flexibility index (Phi) is 4.37. The molecule has 1 unspecified atom stereocenters. The zero-order valence-corrected chi connectivity index (χ0v) is 13.6. The highest BCUT2D eigenvalue weighted by Crippen LogP contribution is 2.20. The fourth-order valence-electron chi connectivity index (χ4n) is 2.63. The van der Waals surface area contributed by atoms with E-state index in [1.165, 1.54) is 6.92 Å². The number of benzene rings is 2. The van der Waals surface area contributed by atoms with Crippen LogP contribution in [0.5, 0.6) is 0 Å². The van der Waals surface area contributed by atoms with E-state index in [9.17, 15) is 9.59 Å². The highest BCUT2D eigenvalue weighted by molar-refractivity contribution is 5.98. The van der Waals surface area contributed by atoms with Crippen LogP contribution in [0.15, 0.2) is 48.5 Å². The summed E-state index contributed by atoms with van der Waals surface area (Å²) < 4.78 is 1.64. The Hall–Kier alpha value is -3.02. The Bertz CT molecular complexity index is 901. The van der Waals surface area contributed by atoms with Gasteiger partial charge in [0.05, 0.1) is 5.52 Å². The summed E-state index contributed by atoms with van der Waals surface area (Å²) in [7, 11) is 0. The van der Waals surface area contributed by atoms with Crippen LogP contribution in [0.4, 0.5) is 5.69 Å². The molecule has 3 aromatic rings. The van der Waals surface area contributed by atoms with E-state index in [1.54, 1.807) is 28.9 Å². The molecule has 1 N–H and O–H groups in total. The molecule has 6 nitrogen and oxygen atoms in total. The third-order valence-electron chi connectivity index (χ3n) is 3.90. The van der Waals surface area contributed by atoms with E-state index in [4.69, 9.17) is 0 Å². The first kappa shape index (κ1) is 15.9. The van der Waals surface area contributed by atoms with Crippen LogP contribution in [0.2, 0.25) is 0 Å². The van der Waals surface area contributed by atoms with Gasteiger partial charge in [-0.2, -0.15) is 0 Å². The first-order valence-electron chi connectivity index (χ1n) is 7.82. The van der Waals surface area contributed by atoms with Crippen molar-refractivity contribution >= 4 is 28.4 Å². The zero-order valence-electron chi connectivity index (χ0n) is 13.6. The number of nitrogens with one attached hydrogen (secondary N) is 1. The van der Waals surface area contributed by atoms with E-state index in [0.717, 1.165) is 11.0 Å². The van der Waals surface area contributed by atoms with Gasteiger partial charge in [-0.1, -0.05) is 36.4 Å². The molecule has 122 valence electrons. The van der Waals surface area contributed by atoms with Gasteiger partial charge in [-0.05, 0) is 37.6 Å². The number of nitrogens with zero attached hydrogens (tertiary/aromatic N) is 3. The number of ketones is 1. The van der Waals surface area contributed by atoms with Crippen LogP contribution >= 0.6 is 0 Å². The lowest BCUT2D eigenvalue weighted by atomic mass is 10.1. The van der Waals surface area contributed by atoms with Crippen LogP contribution in [-0.4, -0.2) is 26.7 Å². The van der Waals surface area contributed by atoms with Crippen LogP contribution in [0.1, 0.15) is 36.7 Å². The van der Waals surface area contributed by atoms with Crippen molar-refractivity contribution in [3.05, 3.63) is 54.1 Å². The monoisotopic (exact) mass is 322 g/mol. The molecule has 1 heterocycles. The second-order valence-corrected chi connectivity index (χ2v) is 5.57. The van der Waals surface area contributed by atoms with Gasteiger partial charge in [0.1, 0.15) is 11.6 Å². The molecule has 1 amide bonds. The Balaban J connectivity index is 1.87. The summed E-state index contributed by atoms with van der Waals surface area (Å²) in [5.41, 5.74) is 2.72. The lowest BCUT2D eigenvalue weighted by Crippen LogP contribution is -2.26. The van der Waals surface area contributed by atoms with Crippen LogP contribution in [0.3, 0.4) is 0 Å². The van der Waals surface area contributed by atoms with Gasteiger partial charge in [0, 0.05) is 11.3 Å². The lowest BCUT2D eigenvalue weighted by Gasteiger charge is -2.16. The third-order valence-corrected chi connectivity index (χ3v) is 3.90. The maximum atomic E-state index is 12.7. The number of hydrogen-bond acceptors (Lipinski definition) is 4. The van der Waals surface area contributed by atoms with Gasteiger partial charge in [-0.3, -0.25) is 9.59 Å². The average Bonchev–Trinajstić information content (AvgIpc) is 3.00. The second kappa shape index (κ2) is 6.62. The predicted molar refractivity (Wildman–Crippen MR) is 91.9 cm³/mol. The Morgan fingerprint density at radius 2 is 1.96 bits per heavy atom. The maximum absolute atomic E-state index is 12.7. The molecule has 3 rings (SSSR count). The van der Waals surface area contributed by atoms with Crippen molar-refractivity contribution in [1.82, 2.24) is 15.0 Å². The van der Waals surface area contributed by atoms with E-state index in [0.29, 0.717) is 17.7 Å². The van der Waals surface area contributed by atoms with Gasteiger partial charge in [0.15, 0.2) is 5.78 Å². The number of fused-ring (bicyclic) bond motifs is 1. The average molecular weight is 322 g/mol. The van der Waals surface area contributed by atoms with E-state index in [2.05, 4.69) is 15.6 Å². The molecule has 2 aromatic carbocycles. The van der Waals surface area contributed by atoms with Crippen molar-refractivity contribution in [3.63, 3.8) is 0 Å². The van der Waals surface area contributed by atoms with Crippen molar-refractivity contribution in [2.24, 2.45) is 0 Å². The van der Waals surface area contributed by atoms with Crippen molar-refractivity contribution in [2.75, 3.05) is 5.32 Å². The SMILES string of the molecule is CCC(C(=O)Nc1cccc(C(C)=O)c1)n1nnc2ccccc21. The molecule has 0 saturated heterocycles. The van der Waals surface area contributed by atoms with Crippen molar-refractivity contribution in [2.45, 2.75) is 26.3 Å². The molecule has 0 saturated carbocycles. The molecule has 0 spiro atoms. The number of carbonyl (C=O) groups is 2. The van der Waals surface area contributed by atoms with Gasteiger partial charge in [0.2, 0.25) is 5.91 Å². The molecule has 0 aliphatic heterocycles. The van der Waals surface area contributed by atoms with Crippen molar-refractivity contribution < 1.29 is 9.59 Å². The maximum Gasteiger partial charge on any atom is 0.249 e. The second-order valence-electron chi connectivity index (χ2n) is 5.57. The van der Waals surface area contributed by atoms with E-state index in [-0.39, 0.29) is 11.7 Å². The standard InChI is InChI=1S/C18H18N4O2/c1-3-16(22-17-10-5-4-9-15(17)20-21-22)18(24)19-14-8-6-7-13(11-14)12(2)23/h4-11,16H,3H2,1-2H3,(H,19,24). The molecule has 1 atom stereocenters. The number of Topliss-reactive ketones (excluding diaryl/α,β-unsaturated/α-hetero) is 1. The highest BCUT2D eigenvalue weighted by atomic mass is 16.2. The Morgan fingerprint density at radius 1 is 1.17 bits per heavy atom. The largest absolute Gasteiger partial charge is 0.324 e. The number of carbonyl (C=O) groups excluding carboxylic acids is 2. The molecule has 6 heteroatoms. The first-order valence-corrected chi connectivity index (χ1v) is 7.82. The quantitative estimate of drug-likeness (QED) is 0.732. The summed E-state index contributed by atoms with van der Waals surface area (Å²) in [6.07, 6.45) is 0.575. The number of aromatic nitrogens is 3. The van der Waals surface area contributed by atoms with Gasteiger partial charge in [-0.15, -0.1) is 5.10 Å². The minimum atomic E-state index is -0.474. The molecular formula is C18H18N4O2. The summed E-state index contributed by atoms with van der Waals surface area (Å²) in [5, 5.41) is 11.1. The highest BCUT2D eigenvalue weighted by Gasteiger charge is 2.22. The molecule has 0 aliphatic rings. The third kappa shape index (κ3) is 3.03. The lowest BCUT2D eigenvalue weighted by molar-refractivity contribution is -0.119. The number of para-hydroxylation sites is 1. The molecule has 0 bridgehead atoms. The molecule has 24 heavy (non-hydrogen) atoms. The minimum Gasteiger partial charge on any atom is -0.324 e. The summed E-state index contributed by atoms with van der Waals surface area (Å²) >= 11 is 0. The first-order chi connectivity index (χ1) is 11.6. The van der Waals surface area contributed by atoms with Gasteiger partial charge >= 0.3 is 0 Å².